The van der Waals surface area contributed by atoms with Gasteiger partial charge in [-0.2, -0.15) is 0 Å². The van der Waals surface area contributed by atoms with Crippen LogP contribution in [0.4, 0.5) is 0 Å². The van der Waals surface area contributed by atoms with Crippen molar-refractivity contribution in [1.82, 2.24) is 0 Å². The molecule has 0 aliphatic carbocycles. The third kappa shape index (κ3) is 7.43. The predicted molar refractivity (Wildman–Crippen MR) is 35.3 cm³/mol. The summed E-state index contributed by atoms with van der Waals surface area (Å²) in [5.41, 5.74) is 0. The zero-order valence-electron chi connectivity index (χ0n) is 5.85. The van der Waals surface area contributed by atoms with Crippen molar-refractivity contribution in [1.29, 1.82) is 0 Å². The van der Waals surface area contributed by atoms with Gasteiger partial charge < -0.3 is 10.6 Å². The van der Waals surface area contributed by atoms with Gasteiger partial charge in [0, 0.05) is 6.42 Å². The highest BCUT2D eigenvalue weighted by molar-refractivity contribution is 5.66. The molecule has 0 fully saturated rings. The molecule has 0 saturated heterocycles. The molecule has 0 aromatic carbocycles. The quantitative estimate of drug-likeness (QED) is 0.616. The molecule has 0 saturated carbocycles. The number of carboxylic acid groups (broad SMARTS) is 1. The highest BCUT2D eigenvalue weighted by Gasteiger charge is 2.02. The first-order valence-electron chi connectivity index (χ1n) is 2.88. The number of carbonyl (C=O) groups is 1. The summed E-state index contributed by atoms with van der Waals surface area (Å²) >= 11 is 0. The molecule has 1 unspecified atom stereocenters. The highest BCUT2D eigenvalue weighted by Crippen LogP contribution is 2.04. The zero-order valence-corrected chi connectivity index (χ0v) is 5.85. The van der Waals surface area contributed by atoms with Crippen LogP contribution in [0.1, 0.15) is 26.7 Å². The minimum atomic E-state index is -0.695. The Bertz CT molecular complexity index is 80.4. The molecule has 0 radical (unpaired) electrons. The molecule has 1 atom stereocenters. The monoisotopic (exact) mass is 134 g/mol. The van der Waals surface area contributed by atoms with E-state index in [0.29, 0.717) is 12.3 Å². The van der Waals surface area contributed by atoms with Gasteiger partial charge in [-0.3, -0.25) is 4.79 Å². The second-order valence-electron chi connectivity index (χ2n) is 2.11. The topological polar surface area (TPSA) is 68.8 Å². The van der Waals surface area contributed by atoms with Crippen LogP contribution in [0.3, 0.4) is 0 Å². The Labute approximate surface area is 55.0 Å². The zero-order chi connectivity index (χ0) is 6.57. The summed E-state index contributed by atoms with van der Waals surface area (Å²) < 4.78 is 0. The largest absolute Gasteiger partial charge is 0.481 e. The summed E-state index contributed by atoms with van der Waals surface area (Å²) in [4.78, 5) is 9.97. The van der Waals surface area contributed by atoms with E-state index >= 15 is 0 Å². The lowest BCUT2D eigenvalue weighted by Crippen LogP contribution is -2.02. The lowest BCUT2D eigenvalue weighted by atomic mass is 10.1. The number of hydrogen-bond donors (Lipinski definition) is 1. The van der Waals surface area contributed by atoms with Gasteiger partial charge in [0.2, 0.25) is 0 Å². The van der Waals surface area contributed by atoms with Crippen LogP contribution in [0, 0.1) is 5.92 Å². The van der Waals surface area contributed by atoms with Crippen molar-refractivity contribution < 1.29 is 15.4 Å². The SMILES string of the molecule is CCC(C)CC(=O)O.O. The van der Waals surface area contributed by atoms with Crippen LogP contribution in [-0.2, 0) is 4.79 Å². The summed E-state index contributed by atoms with van der Waals surface area (Å²) in [6.45, 7) is 3.93. The van der Waals surface area contributed by atoms with Gasteiger partial charge in [0.25, 0.3) is 0 Å². The van der Waals surface area contributed by atoms with E-state index < -0.39 is 5.97 Å². The second kappa shape index (κ2) is 5.56. The molecule has 3 heteroatoms. The Balaban J connectivity index is 0. The first-order chi connectivity index (χ1) is 3.66. The Morgan fingerprint density at radius 3 is 2.22 bits per heavy atom. The van der Waals surface area contributed by atoms with Crippen molar-refractivity contribution in [2.24, 2.45) is 5.92 Å². The van der Waals surface area contributed by atoms with Gasteiger partial charge in [-0.25, -0.2) is 0 Å². The maximum absolute atomic E-state index is 9.97. The third-order valence-electron chi connectivity index (χ3n) is 1.22. The molecule has 0 rings (SSSR count). The lowest BCUT2D eigenvalue weighted by molar-refractivity contribution is -0.137. The molecule has 0 aliphatic heterocycles. The number of rotatable bonds is 3. The average molecular weight is 134 g/mol. The van der Waals surface area contributed by atoms with E-state index in [4.69, 9.17) is 5.11 Å². The van der Waals surface area contributed by atoms with Crippen LogP contribution < -0.4 is 0 Å². The summed E-state index contributed by atoms with van der Waals surface area (Å²) in [5, 5.41) is 8.22. The van der Waals surface area contributed by atoms with Crippen molar-refractivity contribution in [3.63, 3.8) is 0 Å². The Hall–Kier alpha value is -0.570. The van der Waals surface area contributed by atoms with Crippen LogP contribution >= 0.6 is 0 Å². The van der Waals surface area contributed by atoms with Gasteiger partial charge in [-0.15, -0.1) is 0 Å². The number of aliphatic carboxylic acids is 1. The van der Waals surface area contributed by atoms with Crippen LogP contribution in [0.2, 0.25) is 0 Å². The van der Waals surface area contributed by atoms with Crippen molar-refractivity contribution in [2.45, 2.75) is 26.7 Å². The van der Waals surface area contributed by atoms with Crippen LogP contribution in [-0.4, -0.2) is 16.6 Å². The van der Waals surface area contributed by atoms with Gasteiger partial charge in [0.05, 0.1) is 0 Å². The van der Waals surface area contributed by atoms with Crippen molar-refractivity contribution in [3.05, 3.63) is 0 Å². The fourth-order valence-electron chi connectivity index (χ4n) is 0.442. The molecule has 0 aromatic rings. The molecule has 3 N–H and O–H groups in total. The smallest absolute Gasteiger partial charge is 0.303 e. The molecule has 3 nitrogen and oxygen atoms in total. The van der Waals surface area contributed by atoms with Crippen LogP contribution in [0.25, 0.3) is 0 Å². The highest BCUT2D eigenvalue weighted by atomic mass is 16.4. The molecule has 9 heavy (non-hydrogen) atoms. The van der Waals surface area contributed by atoms with Gasteiger partial charge in [-0.05, 0) is 5.92 Å². The number of carboxylic acids is 1. The van der Waals surface area contributed by atoms with Crippen molar-refractivity contribution in [2.75, 3.05) is 0 Å². The van der Waals surface area contributed by atoms with Gasteiger partial charge >= 0.3 is 5.97 Å². The summed E-state index contributed by atoms with van der Waals surface area (Å²) in [7, 11) is 0. The summed E-state index contributed by atoms with van der Waals surface area (Å²) in [5.74, 6) is -0.369. The molecule has 0 aliphatic rings. The molecule has 56 valence electrons. The van der Waals surface area contributed by atoms with E-state index in [0.717, 1.165) is 6.42 Å². The first-order valence-corrected chi connectivity index (χ1v) is 2.88. The van der Waals surface area contributed by atoms with Gasteiger partial charge in [0.15, 0.2) is 0 Å². The third-order valence-corrected chi connectivity index (χ3v) is 1.22. The van der Waals surface area contributed by atoms with Crippen LogP contribution in [0.5, 0.6) is 0 Å². The Morgan fingerprint density at radius 2 is 2.11 bits per heavy atom. The fraction of sp³-hybridized carbons (Fsp3) is 0.833. The van der Waals surface area contributed by atoms with E-state index in [1.165, 1.54) is 0 Å². The van der Waals surface area contributed by atoms with Gasteiger partial charge in [0.1, 0.15) is 0 Å². The molecule has 0 aromatic heterocycles. The average Bonchev–Trinajstić information content (AvgIpc) is 1.65. The predicted octanol–water partition coefficient (Wildman–Crippen LogP) is 0.682. The maximum Gasteiger partial charge on any atom is 0.303 e. The van der Waals surface area contributed by atoms with Crippen molar-refractivity contribution >= 4 is 5.97 Å². The van der Waals surface area contributed by atoms with Crippen LogP contribution in [0.15, 0.2) is 0 Å². The minimum absolute atomic E-state index is 0. The molecule has 0 amide bonds. The molecule has 0 bridgehead atoms. The van der Waals surface area contributed by atoms with E-state index in [2.05, 4.69) is 0 Å². The molecule has 0 spiro atoms. The Kier molecular flexibility index (Phi) is 6.96. The van der Waals surface area contributed by atoms with E-state index in [1.807, 2.05) is 13.8 Å². The summed E-state index contributed by atoms with van der Waals surface area (Å²) in [6, 6.07) is 0. The van der Waals surface area contributed by atoms with Gasteiger partial charge in [-0.1, -0.05) is 20.3 Å². The summed E-state index contributed by atoms with van der Waals surface area (Å²) in [6.07, 6.45) is 1.25. The lowest BCUT2D eigenvalue weighted by Gasteiger charge is -2.00. The maximum atomic E-state index is 9.97. The minimum Gasteiger partial charge on any atom is -0.481 e. The number of hydrogen-bond acceptors (Lipinski definition) is 1. The molecule has 0 heterocycles. The Morgan fingerprint density at radius 1 is 1.67 bits per heavy atom. The van der Waals surface area contributed by atoms with E-state index in [1.54, 1.807) is 0 Å². The van der Waals surface area contributed by atoms with E-state index in [9.17, 15) is 4.79 Å². The van der Waals surface area contributed by atoms with E-state index in [-0.39, 0.29) is 5.48 Å². The second-order valence-corrected chi connectivity index (χ2v) is 2.11. The van der Waals surface area contributed by atoms with Crippen molar-refractivity contribution in [3.8, 4) is 0 Å². The fourth-order valence-corrected chi connectivity index (χ4v) is 0.442. The first kappa shape index (κ1) is 11.3. The normalized spacial score (nSPS) is 11.8. The molecular formula is C6H14O3. The molecular weight excluding hydrogens is 120 g/mol. The standard InChI is InChI=1S/C6H12O2.H2O/c1-3-5(2)4-6(7)8;/h5H,3-4H2,1-2H3,(H,7,8);1H2.